The lowest BCUT2D eigenvalue weighted by molar-refractivity contribution is -0.143. The van der Waals surface area contributed by atoms with Crippen molar-refractivity contribution in [3.63, 3.8) is 0 Å². The van der Waals surface area contributed by atoms with Crippen molar-refractivity contribution in [3.8, 4) is 0 Å². The number of aryl methyl sites for hydroxylation is 1. The minimum atomic E-state index is -0.328. The van der Waals surface area contributed by atoms with Crippen molar-refractivity contribution in [1.29, 1.82) is 0 Å². The molecule has 4 heteroatoms. The molecule has 1 rings (SSSR count). The summed E-state index contributed by atoms with van der Waals surface area (Å²) >= 11 is 1.63. The van der Waals surface area contributed by atoms with Crippen molar-refractivity contribution in [3.05, 3.63) is 21.9 Å². The predicted octanol–water partition coefficient (Wildman–Crippen LogP) is 2.52. The Morgan fingerprint density at radius 1 is 1.50 bits per heavy atom. The van der Waals surface area contributed by atoms with Gasteiger partial charge in [0, 0.05) is 9.75 Å². The Labute approximate surface area is 101 Å². The van der Waals surface area contributed by atoms with Gasteiger partial charge in [0.1, 0.15) is 6.04 Å². The van der Waals surface area contributed by atoms with E-state index in [1.807, 2.05) is 19.1 Å². The highest BCUT2D eigenvalue weighted by atomic mass is 32.1. The molecule has 0 aliphatic heterocycles. The molecule has 0 saturated heterocycles. The van der Waals surface area contributed by atoms with Crippen LogP contribution in [0, 0.1) is 12.8 Å². The van der Waals surface area contributed by atoms with Gasteiger partial charge in [-0.3, -0.25) is 5.32 Å². The number of rotatable bonds is 5. The molecule has 3 nitrogen and oxygen atoms in total. The molecule has 0 radical (unpaired) electrons. The van der Waals surface area contributed by atoms with Gasteiger partial charge in [0.2, 0.25) is 0 Å². The van der Waals surface area contributed by atoms with Crippen molar-refractivity contribution < 1.29 is 9.53 Å². The number of ether oxygens (including phenoxy) is 1. The van der Waals surface area contributed by atoms with Gasteiger partial charge >= 0.3 is 5.97 Å². The van der Waals surface area contributed by atoms with Gasteiger partial charge in [-0.25, -0.2) is 4.79 Å². The van der Waals surface area contributed by atoms with Gasteiger partial charge in [-0.2, -0.15) is 0 Å². The number of methoxy groups -OCH3 is 1. The van der Waals surface area contributed by atoms with Crippen LogP contribution < -0.4 is 5.32 Å². The zero-order chi connectivity index (χ0) is 12.1. The third-order valence-electron chi connectivity index (χ3n) is 2.21. The minimum Gasteiger partial charge on any atom is -0.468 e. The summed E-state index contributed by atoms with van der Waals surface area (Å²) in [6.45, 7) is 7.06. The average Bonchev–Trinajstić information content (AvgIpc) is 2.64. The predicted molar refractivity (Wildman–Crippen MR) is 66.7 cm³/mol. The highest BCUT2D eigenvalue weighted by Gasteiger charge is 2.22. The molecule has 0 saturated carbocycles. The number of hydrogen-bond acceptors (Lipinski definition) is 4. The lowest BCUT2D eigenvalue weighted by atomic mass is 10.2. The van der Waals surface area contributed by atoms with Crippen LogP contribution in [0.1, 0.15) is 29.6 Å². The Kier molecular flexibility index (Phi) is 4.96. The van der Waals surface area contributed by atoms with Crippen LogP contribution in [-0.4, -0.2) is 19.6 Å². The minimum absolute atomic E-state index is 0.220. The second kappa shape index (κ2) is 6.01. The molecule has 0 spiro atoms. The van der Waals surface area contributed by atoms with E-state index in [2.05, 4.69) is 19.2 Å². The van der Waals surface area contributed by atoms with E-state index in [0.717, 1.165) is 11.4 Å². The maximum Gasteiger partial charge on any atom is 0.328 e. The number of thiophene rings is 1. The summed E-state index contributed by atoms with van der Waals surface area (Å²) in [5.74, 6) is 0.288. The Morgan fingerprint density at radius 3 is 2.62 bits per heavy atom. The fourth-order valence-corrected chi connectivity index (χ4v) is 2.32. The van der Waals surface area contributed by atoms with Crippen LogP contribution in [0.15, 0.2) is 12.1 Å². The quantitative estimate of drug-likeness (QED) is 0.805. The van der Waals surface area contributed by atoms with Crippen molar-refractivity contribution in [2.45, 2.75) is 26.8 Å². The van der Waals surface area contributed by atoms with E-state index in [-0.39, 0.29) is 12.0 Å². The maximum atomic E-state index is 11.7. The van der Waals surface area contributed by atoms with Crippen LogP contribution in [0.2, 0.25) is 0 Å². The van der Waals surface area contributed by atoms with Crippen LogP contribution >= 0.6 is 11.3 Å². The smallest absolute Gasteiger partial charge is 0.328 e. The molecule has 1 N–H and O–H groups in total. The van der Waals surface area contributed by atoms with Crippen molar-refractivity contribution in [1.82, 2.24) is 5.32 Å². The van der Waals surface area contributed by atoms with E-state index in [1.165, 1.54) is 12.0 Å². The summed E-state index contributed by atoms with van der Waals surface area (Å²) in [7, 11) is 1.42. The van der Waals surface area contributed by atoms with Gasteiger partial charge < -0.3 is 4.74 Å². The van der Waals surface area contributed by atoms with Crippen LogP contribution in [0.5, 0.6) is 0 Å². The Bertz CT molecular complexity index is 347. The summed E-state index contributed by atoms with van der Waals surface area (Å²) in [6, 6.07) is 3.67. The highest BCUT2D eigenvalue weighted by molar-refractivity contribution is 7.12. The van der Waals surface area contributed by atoms with Gasteiger partial charge in [0.05, 0.1) is 7.11 Å². The monoisotopic (exact) mass is 241 g/mol. The summed E-state index contributed by atoms with van der Waals surface area (Å²) in [5.41, 5.74) is 0. The summed E-state index contributed by atoms with van der Waals surface area (Å²) in [4.78, 5) is 13.9. The molecule has 0 amide bonds. The molecule has 1 aromatic heterocycles. The molecule has 0 aliphatic carbocycles. The first kappa shape index (κ1) is 13.2. The fraction of sp³-hybridized carbons (Fsp3) is 0.583. The standard InChI is InChI=1S/C12H19NO2S/c1-8(2)7-13-11(12(14)15-4)10-6-5-9(3)16-10/h5-6,8,11,13H,7H2,1-4H3. The molecule has 90 valence electrons. The molecule has 0 aromatic carbocycles. The van der Waals surface area contributed by atoms with Gasteiger partial charge in [-0.1, -0.05) is 13.8 Å². The maximum absolute atomic E-state index is 11.7. The first-order valence-electron chi connectivity index (χ1n) is 5.42. The zero-order valence-corrected chi connectivity index (χ0v) is 11.1. The number of hydrogen-bond donors (Lipinski definition) is 1. The van der Waals surface area contributed by atoms with E-state index in [4.69, 9.17) is 4.74 Å². The molecule has 16 heavy (non-hydrogen) atoms. The third kappa shape index (κ3) is 3.61. The SMILES string of the molecule is COC(=O)C(NCC(C)C)c1ccc(C)s1. The lowest BCUT2D eigenvalue weighted by Gasteiger charge is -2.16. The van der Waals surface area contributed by atoms with Crippen molar-refractivity contribution in [2.24, 2.45) is 5.92 Å². The van der Waals surface area contributed by atoms with Gasteiger partial charge in [0.15, 0.2) is 0 Å². The van der Waals surface area contributed by atoms with Crippen LogP contribution in [0.4, 0.5) is 0 Å². The van der Waals surface area contributed by atoms with E-state index < -0.39 is 0 Å². The molecule has 1 aromatic rings. The second-order valence-corrected chi connectivity index (χ2v) is 5.53. The van der Waals surface area contributed by atoms with Crippen LogP contribution in [-0.2, 0) is 9.53 Å². The van der Waals surface area contributed by atoms with Crippen molar-refractivity contribution >= 4 is 17.3 Å². The van der Waals surface area contributed by atoms with Crippen molar-refractivity contribution in [2.75, 3.05) is 13.7 Å². The summed E-state index contributed by atoms with van der Waals surface area (Å²) < 4.78 is 4.81. The lowest BCUT2D eigenvalue weighted by Crippen LogP contribution is -2.31. The number of esters is 1. The summed E-state index contributed by atoms with van der Waals surface area (Å²) in [5, 5.41) is 3.24. The van der Waals surface area contributed by atoms with Gasteiger partial charge in [-0.05, 0) is 31.5 Å². The first-order chi connectivity index (χ1) is 7.54. The van der Waals surface area contributed by atoms with Gasteiger partial charge in [0.25, 0.3) is 0 Å². The molecule has 1 atom stereocenters. The molecular weight excluding hydrogens is 222 g/mol. The molecule has 1 unspecified atom stereocenters. The molecule has 0 aliphatic rings. The average molecular weight is 241 g/mol. The third-order valence-corrected chi connectivity index (χ3v) is 3.28. The number of nitrogens with one attached hydrogen (secondary N) is 1. The molecule has 0 bridgehead atoms. The molecule has 1 heterocycles. The van der Waals surface area contributed by atoms with Crippen LogP contribution in [0.3, 0.4) is 0 Å². The fourth-order valence-electron chi connectivity index (χ4n) is 1.38. The Morgan fingerprint density at radius 2 is 2.19 bits per heavy atom. The molecular formula is C12H19NO2S. The Hall–Kier alpha value is -0.870. The number of carbonyl (C=O) groups is 1. The first-order valence-corrected chi connectivity index (χ1v) is 6.23. The second-order valence-electron chi connectivity index (χ2n) is 4.21. The van der Waals surface area contributed by atoms with Crippen LogP contribution in [0.25, 0.3) is 0 Å². The van der Waals surface area contributed by atoms with E-state index >= 15 is 0 Å². The normalized spacial score (nSPS) is 12.8. The summed E-state index contributed by atoms with van der Waals surface area (Å²) in [6.07, 6.45) is 0. The molecule has 0 fully saturated rings. The Balaban J connectivity index is 2.75. The van der Waals surface area contributed by atoms with E-state index in [9.17, 15) is 4.79 Å². The number of carbonyl (C=O) groups excluding carboxylic acids is 1. The van der Waals surface area contributed by atoms with E-state index in [1.54, 1.807) is 11.3 Å². The van der Waals surface area contributed by atoms with Gasteiger partial charge in [-0.15, -0.1) is 11.3 Å². The van der Waals surface area contributed by atoms with E-state index in [0.29, 0.717) is 5.92 Å². The highest BCUT2D eigenvalue weighted by Crippen LogP contribution is 2.23. The zero-order valence-electron chi connectivity index (χ0n) is 10.2. The largest absolute Gasteiger partial charge is 0.468 e. The topological polar surface area (TPSA) is 38.3 Å².